The molecule has 132 valence electrons. The maximum absolute atomic E-state index is 12.4. The summed E-state index contributed by atoms with van der Waals surface area (Å²) < 4.78 is 16.2. The minimum atomic E-state index is -0.328. The van der Waals surface area contributed by atoms with Gasteiger partial charge >= 0.3 is 0 Å². The van der Waals surface area contributed by atoms with Gasteiger partial charge in [-0.1, -0.05) is 29.8 Å². The monoisotopic (exact) mass is 343 g/mol. The third kappa shape index (κ3) is 4.29. The fraction of sp³-hybridized carbons (Fsp3) is 0.316. The molecule has 2 aromatic carbocycles. The molecule has 0 bridgehead atoms. The molecule has 1 unspecified atom stereocenters. The van der Waals surface area contributed by atoms with Crippen LogP contribution in [0.2, 0.25) is 0 Å². The molecular weight excluding hydrogens is 322 g/mol. The quantitative estimate of drug-likeness (QED) is 0.806. The van der Waals surface area contributed by atoms with Crippen LogP contribution in [-0.2, 0) is 4.74 Å². The highest BCUT2D eigenvalue weighted by Gasteiger charge is 2.18. The van der Waals surface area contributed by atoms with Gasteiger partial charge in [0.05, 0.1) is 19.3 Å². The lowest BCUT2D eigenvalue weighted by Gasteiger charge is -2.19. The molecule has 1 aliphatic rings. The van der Waals surface area contributed by atoms with Crippen molar-refractivity contribution < 1.29 is 24.1 Å². The minimum Gasteiger partial charge on any atom is -0.454 e. The highest BCUT2D eigenvalue weighted by atomic mass is 16.7. The van der Waals surface area contributed by atoms with Gasteiger partial charge in [0.25, 0.3) is 5.91 Å². The SMILES string of the molecule is Cc1ccc(C(CNC(=O)c2ccc3c(c2)OCO3)OCCO)cc1. The van der Waals surface area contributed by atoms with Crippen molar-refractivity contribution in [3.8, 4) is 11.5 Å². The van der Waals surface area contributed by atoms with Crippen molar-refractivity contribution in [3.05, 3.63) is 59.2 Å². The summed E-state index contributed by atoms with van der Waals surface area (Å²) in [6, 6.07) is 13.0. The summed E-state index contributed by atoms with van der Waals surface area (Å²) in [4.78, 5) is 12.4. The first kappa shape index (κ1) is 17.3. The van der Waals surface area contributed by atoms with Gasteiger partial charge in [-0.3, -0.25) is 4.79 Å². The summed E-state index contributed by atoms with van der Waals surface area (Å²) in [7, 11) is 0. The minimum absolute atomic E-state index is 0.0710. The van der Waals surface area contributed by atoms with Gasteiger partial charge < -0.3 is 24.6 Å². The lowest BCUT2D eigenvalue weighted by atomic mass is 10.1. The lowest BCUT2D eigenvalue weighted by molar-refractivity contribution is 0.0277. The topological polar surface area (TPSA) is 77.0 Å². The Labute approximate surface area is 146 Å². The Morgan fingerprint density at radius 3 is 2.72 bits per heavy atom. The molecule has 1 heterocycles. The smallest absolute Gasteiger partial charge is 0.251 e. The van der Waals surface area contributed by atoms with E-state index in [1.807, 2.05) is 31.2 Å². The van der Waals surface area contributed by atoms with E-state index >= 15 is 0 Å². The molecule has 0 spiro atoms. The molecule has 0 aliphatic carbocycles. The first-order valence-electron chi connectivity index (χ1n) is 8.14. The maximum Gasteiger partial charge on any atom is 0.251 e. The summed E-state index contributed by atoms with van der Waals surface area (Å²) in [6.45, 7) is 2.62. The van der Waals surface area contributed by atoms with Crippen LogP contribution in [0, 0.1) is 6.92 Å². The fourth-order valence-electron chi connectivity index (χ4n) is 2.57. The van der Waals surface area contributed by atoms with Crippen LogP contribution >= 0.6 is 0 Å². The van der Waals surface area contributed by atoms with E-state index in [9.17, 15) is 4.79 Å². The molecule has 0 aromatic heterocycles. The normalized spacial score (nSPS) is 13.5. The van der Waals surface area contributed by atoms with Crippen molar-refractivity contribution in [2.75, 3.05) is 26.6 Å². The van der Waals surface area contributed by atoms with Gasteiger partial charge in [-0.15, -0.1) is 0 Å². The van der Waals surface area contributed by atoms with Crippen molar-refractivity contribution in [2.24, 2.45) is 0 Å². The Balaban J connectivity index is 1.65. The third-order valence-electron chi connectivity index (χ3n) is 3.94. The van der Waals surface area contributed by atoms with E-state index in [0.29, 0.717) is 23.6 Å². The second kappa shape index (κ2) is 8.00. The van der Waals surface area contributed by atoms with Gasteiger partial charge in [0, 0.05) is 12.1 Å². The Morgan fingerprint density at radius 2 is 1.96 bits per heavy atom. The summed E-state index contributed by atoms with van der Waals surface area (Å²) in [5.41, 5.74) is 2.59. The van der Waals surface area contributed by atoms with Crippen LogP contribution in [-0.4, -0.2) is 37.6 Å². The molecule has 2 aromatic rings. The van der Waals surface area contributed by atoms with E-state index in [1.54, 1.807) is 18.2 Å². The van der Waals surface area contributed by atoms with E-state index in [0.717, 1.165) is 11.1 Å². The van der Waals surface area contributed by atoms with Crippen LogP contribution in [0.4, 0.5) is 0 Å². The van der Waals surface area contributed by atoms with Crippen molar-refractivity contribution in [2.45, 2.75) is 13.0 Å². The maximum atomic E-state index is 12.4. The predicted octanol–water partition coefficient (Wildman–Crippen LogP) is 2.20. The zero-order chi connectivity index (χ0) is 17.6. The van der Waals surface area contributed by atoms with Gasteiger partial charge in [-0.25, -0.2) is 0 Å². The van der Waals surface area contributed by atoms with Crippen LogP contribution in [0.15, 0.2) is 42.5 Å². The molecule has 0 saturated heterocycles. The molecule has 25 heavy (non-hydrogen) atoms. The predicted molar refractivity (Wildman–Crippen MR) is 91.9 cm³/mol. The molecule has 0 fully saturated rings. The van der Waals surface area contributed by atoms with Crippen LogP contribution in [0.3, 0.4) is 0 Å². The molecular formula is C19H21NO5. The molecule has 1 amide bonds. The van der Waals surface area contributed by atoms with Crippen LogP contribution in [0.1, 0.15) is 27.6 Å². The van der Waals surface area contributed by atoms with Gasteiger partial charge in [-0.05, 0) is 30.7 Å². The molecule has 6 nitrogen and oxygen atoms in total. The molecule has 3 rings (SSSR count). The Kier molecular flexibility index (Phi) is 5.53. The van der Waals surface area contributed by atoms with Crippen molar-refractivity contribution >= 4 is 5.91 Å². The van der Waals surface area contributed by atoms with Gasteiger partial charge in [0.2, 0.25) is 6.79 Å². The number of ether oxygens (including phenoxy) is 3. The number of fused-ring (bicyclic) bond motifs is 1. The Morgan fingerprint density at radius 1 is 1.20 bits per heavy atom. The number of amides is 1. The standard InChI is InChI=1S/C19H21NO5/c1-13-2-4-14(5-3-13)18(23-9-8-21)11-20-19(22)15-6-7-16-17(10-15)25-12-24-16/h2-7,10,18,21H,8-9,11-12H2,1H3,(H,20,22). The number of carbonyl (C=O) groups excluding carboxylic acids is 1. The van der Waals surface area contributed by atoms with E-state index in [1.165, 1.54) is 0 Å². The van der Waals surface area contributed by atoms with E-state index in [4.69, 9.17) is 19.3 Å². The molecule has 2 N–H and O–H groups in total. The summed E-state index contributed by atoms with van der Waals surface area (Å²) >= 11 is 0. The first-order valence-corrected chi connectivity index (χ1v) is 8.14. The highest BCUT2D eigenvalue weighted by molar-refractivity contribution is 5.94. The van der Waals surface area contributed by atoms with Crippen LogP contribution in [0.25, 0.3) is 0 Å². The zero-order valence-electron chi connectivity index (χ0n) is 14.0. The van der Waals surface area contributed by atoms with Gasteiger partial charge in [0.1, 0.15) is 0 Å². The van der Waals surface area contributed by atoms with Crippen molar-refractivity contribution in [1.29, 1.82) is 0 Å². The summed E-state index contributed by atoms with van der Waals surface area (Å²) in [5.74, 6) is 0.989. The summed E-state index contributed by atoms with van der Waals surface area (Å²) in [5, 5.41) is 11.9. The van der Waals surface area contributed by atoms with Gasteiger partial charge in [-0.2, -0.15) is 0 Å². The molecule has 0 radical (unpaired) electrons. The number of nitrogens with one attached hydrogen (secondary N) is 1. The number of aliphatic hydroxyl groups excluding tert-OH is 1. The van der Waals surface area contributed by atoms with Crippen LogP contribution < -0.4 is 14.8 Å². The number of aliphatic hydroxyl groups is 1. The number of rotatable bonds is 7. The van der Waals surface area contributed by atoms with Crippen molar-refractivity contribution in [1.82, 2.24) is 5.32 Å². The number of aryl methyl sites for hydroxylation is 1. The highest BCUT2D eigenvalue weighted by Crippen LogP contribution is 2.32. The second-order valence-corrected chi connectivity index (χ2v) is 5.77. The van der Waals surface area contributed by atoms with Crippen molar-refractivity contribution in [3.63, 3.8) is 0 Å². The first-order chi connectivity index (χ1) is 12.2. The van der Waals surface area contributed by atoms with E-state index < -0.39 is 0 Å². The van der Waals surface area contributed by atoms with E-state index in [2.05, 4.69) is 5.32 Å². The van der Waals surface area contributed by atoms with Crippen LogP contribution in [0.5, 0.6) is 11.5 Å². The molecule has 1 atom stereocenters. The number of hydrogen-bond acceptors (Lipinski definition) is 5. The number of carbonyl (C=O) groups is 1. The second-order valence-electron chi connectivity index (χ2n) is 5.77. The average Bonchev–Trinajstić information content (AvgIpc) is 3.10. The zero-order valence-corrected chi connectivity index (χ0v) is 14.0. The fourth-order valence-corrected chi connectivity index (χ4v) is 2.57. The van der Waals surface area contributed by atoms with E-state index in [-0.39, 0.29) is 32.0 Å². The molecule has 6 heteroatoms. The third-order valence-corrected chi connectivity index (χ3v) is 3.94. The lowest BCUT2D eigenvalue weighted by Crippen LogP contribution is -2.30. The number of benzene rings is 2. The Hall–Kier alpha value is -2.57. The van der Waals surface area contributed by atoms with Gasteiger partial charge in [0.15, 0.2) is 11.5 Å². The largest absolute Gasteiger partial charge is 0.454 e. The summed E-state index contributed by atoms with van der Waals surface area (Å²) in [6.07, 6.45) is -0.328. The average molecular weight is 343 g/mol. The molecule has 0 saturated carbocycles. The molecule has 1 aliphatic heterocycles. The Bertz CT molecular complexity index is 729. The number of hydrogen-bond donors (Lipinski definition) is 2.